The number of nitrogens with two attached hydrogens (primary N) is 1. The van der Waals surface area contributed by atoms with Crippen LogP contribution in [0, 0.1) is 5.92 Å². The van der Waals surface area contributed by atoms with Crippen LogP contribution < -0.4 is 11.1 Å². The molecule has 78 valence electrons. The lowest BCUT2D eigenvalue weighted by molar-refractivity contribution is -0.125. The molecule has 2 atom stereocenters. The Balaban J connectivity index is 0.00000144. The highest BCUT2D eigenvalue weighted by molar-refractivity contribution is 5.85. The van der Waals surface area contributed by atoms with Crippen LogP contribution in [-0.2, 0) is 4.79 Å². The summed E-state index contributed by atoms with van der Waals surface area (Å²) in [5, 5.41) is 2.91. The molecule has 1 amide bonds. The minimum absolute atomic E-state index is 0. The smallest absolute Gasteiger partial charge is 0.223 e. The fourth-order valence-electron chi connectivity index (χ4n) is 1.66. The fourth-order valence-corrected chi connectivity index (χ4v) is 1.66. The average Bonchev–Trinajstić information content (AvgIpc) is 2.34. The van der Waals surface area contributed by atoms with Crippen molar-refractivity contribution < 1.29 is 4.79 Å². The van der Waals surface area contributed by atoms with Crippen molar-refractivity contribution in [1.82, 2.24) is 5.32 Å². The van der Waals surface area contributed by atoms with E-state index < -0.39 is 0 Å². The highest BCUT2D eigenvalue weighted by Crippen LogP contribution is 2.23. The summed E-state index contributed by atoms with van der Waals surface area (Å²) in [6, 6.07) is 0.488. The molecule has 1 fully saturated rings. The van der Waals surface area contributed by atoms with Crippen molar-refractivity contribution in [2.75, 3.05) is 0 Å². The number of carbonyl (C=O) groups is 1. The van der Waals surface area contributed by atoms with Crippen molar-refractivity contribution in [1.29, 1.82) is 0 Å². The van der Waals surface area contributed by atoms with E-state index in [4.69, 9.17) is 5.73 Å². The number of amides is 1. The second-order valence-electron chi connectivity index (χ2n) is 3.93. The van der Waals surface area contributed by atoms with Crippen LogP contribution in [0.15, 0.2) is 0 Å². The third-order valence-corrected chi connectivity index (χ3v) is 2.27. The first-order chi connectivity index (χ1) is 5.59. The quantitative estimate of drug-likeness (QED) is 0.710. The molecule has 0 aliphatic heterocycles. The minimum atomic E-state index is 0. The van der Waals surface area contributed by atoms with Crippen LogP contribution in [0.2, 0.25) is 0 Å². The highest BCUT2D eigenvalue weighted by Gasteiger charge is 2.27. The Labute approximate surface area is 85.9 Å². The van der Waals surface area contributed by atoms with Gasteiger partial charge >= 0.3 is 0 Å². The Morgan fingerprint density at radius 3 is 2.46 bits per heavy atom. The van der Waals surface area contributed by atoms with Crippen molar-refractivity contribution in [3.63, 3.8) is 0 Å². The van der Waals surface area contributed by atoms with Crippen molar-refractivity contribution in [2.24, 2.45) is 11.7 Å². The predicted molar refractivity (Wildman–Crippen MR) is 55.8 cm³/mol. The normalized spacial score (nSPS) is 27.1. The van der Waals surface area contributed by atoms with Gasteiger partial charge in [0, 0.05) is 18.0 Å². The Hall–Kier alpha value is -0.280. The molecule has 0 aromatic heterocycles. The first-order valence-electron chi connectivity index (χ1n) is 4.65. The molecule has 13 heavy (non-hydrogen) atoms. The first kappa shape index (κ1) is 12.7. The van der Waals surface area contributed by atoms with Gasteiger partial charge < -0.3 is 11.1 Å². The molecule has 0 aromatic carbocycles. The van der Waals surface area contributed by atoms with Crippen LogP contribution in [0.25, 0.3) is 0 Å². The van der Waals surface area contributed by atoms with Crippen LogP contribution in [0.3, 0.4) is 0 Å². The molecular formula is C9H19ClN2O. The fraction of sp³-hybridized carbons (Fsp3) is 0.889. The Morgan fingerprint density at radius 2 is 2.08 bits per heavy atom. The maximum atomic E-state index is 11.4. The van der Waals surface area contributed by atoms with E-state index in [9.17, 15) is 4.79 Å². The van der Waals surface area contributed by atoms with Gasteiger partial charge in [-0.3, -0.25) is 4.79 Å². The van der Waals surface area contributed by atoms with Gasteiger partial charge in [-0.25, -0.2) is 0 Å². The molecule has 0 radical (unpaired) electrons. The number of carbonyl (C=O) groups excluding carboxylic acids is 1. The summed E-state index contributed by atoms with van der Waals surface area (Å²) >= 11 is 0. The molecular weight excluding hydrogens is 188 g/mol. The van der Waals surface area contributed by atoms with Gasteiger partial charge in [0.1, 0.15) is 0 Å². The summed E-state index contributed by atoms with van der Waals surface area (Å²) in [5.41, 5.74) is 5.71. The van der Waals surface area contributed by atoms with Crippen LogP contribution in [0.1, 0.15) is 33.1 Å². The van der Waals surface area contributed by atoms with E-state index in [1.807, 2.05) is 13.8 Å². The summed E-state index contributed by atoms with van der Waals surface area (Å²) in [6.07, 6.45) is 2.81. The number of halogens is 1. The lowest BCUT2D eigenvalue weighted by Crippen LogP contribution is -2.35. The highest BCUT2D eigenvalue weighted by atomic mass is 35.5. The molecule has 1 aliphatic carbocycles. The third kappa shape index (κ3) is 3.96. The van der Waals surface area contributed by atoms with E-state index in [0.717, 1.165) is 19.3 Å². The van der Waals surface area contributed by atoms with Gasteiger partial charge in [0.05, 0.1) is 0 Å². The van der Waals surface area contributed by atoms with Gasteiger partial charge in [-0.2, -0.15) is 0 Å². The predicted octanol–water partition coefficient (Wildman–Crippen LogP) is 1.06. The van der Waals surface area contributed by atoms with Crippen LogP contribution >= 0.6 is 12.4 Å². The minimum Gasteiger partial charge on any atom is -0.354 e. The van der Waals surface area contributed by atoms with Crippen molar-refractivity contribution in [3.05, 3.63) is 0 Å². The maximum Gasteiger partial charge on any atom is 0.223 e. The van der Waals surface area contributed by atoms with Gasteiger partial charge in [0.15, 0.2) is 0 Å². The summed E-state index contributed by atoms with van der Waals surface area (Å²) in [4.78, 5) is 11.4. The Morgan fingerprint density at radius 1 is 1.46 bits per heavy atom. The molecule has 0 heterocycles. The molecule has 0 spiro atoms. The van der Waals surface area contributed by atoms with E-state index in [0.29, 0.717) is 0 Å². The largest absolute Gasteiger partial charge is 0.354 e. The van der Waals surface area contributed by atoms with Crippen molar-refractivity contribution >= 4 is 18.3 Å². The van der Waals surface area contributed by atoms with E-state index in [2.05, 4.69) is 5.32 Å². The number of rotatable bonds is 2. The number of nitrogens with one attached hydrogen (secondary N) is 1. The van der Waals surface area contributed by atoms with Crippen molar-refractivity contribution in [2.45, 2.75) is 45.2 Å². The van der Waals surface area contributed by atoms with Crippen LogP contribution in [-0.4, -0.2) is 18.0 Å². The topological polar surface area (TPSA) is 55.1 Å². The summed E-state index contributed by atoms with van der Waals surface area (Å²) in [7, 11) is 0. The maximum absolute atomic E-state index is 11.4. The molecule has 0 saturated heterocycles. The molecule has 0 aromatic rings. The van der Waals surface area contributed by atoms with Gasteiger partial charge in [0.25, 0.3) is 0 Å². The zero-order chi connectivity index (χ0) is 9.14. The summed E-state index contributed by atoms with van der Waals surface area (Å²) < 4.78 is 0. The second kappa shape index (κ2) is 5.45. The monoisotopic (exact) mass is 206 g/mol. The SMILES string of the molecule is CC(C)NC(=O)C1CCC(N)C1.Cl. The van der Waals surface area contributed by atoms with E-state index in [1.54, 1.807) is 0 Å². The van der Waals surface area contributed by atoms with Gasteiger partial charge in [-0.15, -0.1) is 12.4 Å². The molecule has 4 heteroatoms. The zero-order valence-corrected chi connectivity index (χ0v) is 9.06. The molecule has 1 rings (SSSR count). The number of hydrogen-bond donors (Lipinski definition) is 2. The Kier molecular flexibility index (Phi) is 5.33. The molecule has 1 saturated carbocycles. The number of hydrogen-bond acceptors (Lipinski definition) is 2. The van der Waals surface area contributed by atoms with Gasteiger partial charge in [-0.05, 0) is 33.1 Å². The van der Waals surface area contributed by atoms with E-state index >= 15 is 0 Å². The lowest BCUT2D eigenvalue weighted by Gasteiger charge is -2.12. The Bertz CT molecular complexity index is 173. The lowest BCUT2D eigenvalue weighted by atomic mass is 10.1. The van der Waals surface area contributed by atoms with Gasteiger partial charge in [-0.1, -0.05) is 0 Å². The molecule has 0 bridgehead atoms. The molecule has 3 N–H and O–H groups in total. The van der Waals surface area contributed by atoms with Crippen LogP contribution in [0.4, 0.5) is 0 Å². The second-order valence-corrected chi connectivity index (χ2v) is 3.93. The van der Waals surface area contributed by atoms with Gasteiger partial charge in [0.2, 0.25) is 5.91 Å². The molecule has 3 nitrogen and oxygen atoms in total. The van der Waals surface area contributed by atoms with Crippen LogP contribution in [0.5, 0.6) is 0 Å². The molecule has 2 unspecified atom stereocenters. The summed E-state index contributed by atoms with van der Waals surface area (Å²) in [5.74, 6) is 0.348. The molecule has 1 aliphatic rings. The summed E-state index contributed by atoms with van der Waals surface area (Å²) in [6.45, 7) is 3.96. The standard InChI is InChI=1S/C9H18N2O.ClH/c1-6(2)11-9(12)7-3-4-8(10)5-7;/h6-8H,3-5,10H2,1-2H3,(H,11,12);1H. The van der Waals surface area contributed by atoms with E-state index in [1.165, 1.54) is 0 Å². The van der Waals surface area contributed by atoms with E-state index in [-0.39, 0.29) is 36.3 Å². The first-order valence-corrected chi connectivity index (χ1v) is 4.65. The average molecular weight is 207 g/mol. The van der Waals surface area contributed by atoms with Crippen molar-refractivity contribution in [3.8, 4) is 0 Å². The zero-order valence-electron chi connectivity index (χ0n) is 8.25. The third-order valence-electron chi connectivity index (χ3n) is 2.27.